The number of aryl methyl sites for hydroxylation is 1. The maximum atomic E-state index is 12.2. The lowest BCUT2D eigenvalue weighted by Gasteiger charge is -2.12. The van der Waals surface area contributed by atoms with Crippen molar-refractivity contribution in [2.24, 2.45) is 0 Å². The fourth-order valence-corrected chi connectivity index (χ4v) is 3.21. The fourth-order valence-electron chi connectivity index (χ4n) is 2.37. The molecular weight excluding hydrogens is 356 g/mol. The van der Waals surface area contributed by atoms with Gasteiger partial charge in [0.1, 0.15) is 0 Å². The number of hydrogen-bond acceptors (Lipinski definition) is 6. The fraction of sp³-hybridized carbons (Fsp3) is 0.222. The Morgan fingerprint density at radius 1 is 1.08 bits per heavy atom. The molecule has 0 aliphatic heterocycles. The van der Waals surface area contributed by atoms with Crippen molar-refractivity contribution in [3.8, 4) is 0 Å². The van der Waals surface area contributed by atoms with Gasteiger partial charge < -0.3 is 15.4 Å². The van der Waals surface area contributed by atoms with Gasteiger partial charge in [-0.05, 0) is 42.8 Å². The SMILES string of the molecule is COC(=O)c1ccc(NCC(=O)Nc2ccccc2S(C)(=O)=O)c(C)c1. The van der Waals surface area contributed by atoms with Crippen LogP contribution in [0.15, 0.2) is 47.4 Å². The molecule has 0 aromatic heterocycles. The van der Waals surface area contributed by atoms with E-state index < -0.39 is 21.7 Å². The number of esters is 1. The summed E-state index contributed by atoms with van der Waals surface area (Å²) in [6, 6.07) is 11.1. The lowest BCUT2D eigenvalue weighted by atomic mass is 10.1. The predicted octanol–water partition coefficient (Wildman–Crippen LogP) is 2.24. The van der Waals surface area contributed by atoms with Gasteiger partial charge in [0.25, 0.3) is 0 Å². The number of hydrogen-bond donors (Lipinski definition) is 2. The molecule has 138 valence electrons. The third kappa shape index (κ3) is 4.82. The maximum Gasteiger partial charge on any atom is 0.337 e. The predicted molar refractivity (Wildman–Crippen MR) is 99.2 cm³/mol. The third-order valence-corrected chi connectivity index (χ3v) is 4.80. The lowest BCUT2D eigenvalue weighted by molar-refractivity contribution is -0.114. The molecule has 0 atom stereocenters. The number of rotatable bonds is 6. The Morgan fingerprint density at radius 3 is 2.38 bits per heavy atom. The molecule has 0 fully saturated rings. The van der Waals surface area contributed by atoms with Gasteiger partial charge in [0, 0.05) is 11.9 Å². The van der Waals surface area contributed by atoms with E-state index in [0.717, 1.165) is 11.8 Å². The highest BCUT2D eigenvalue weighted by atomic mass is 32.2. The number of para-hydroxylation sites is 1. The van der Waals surface area contributed by atoms with Gasteiger partial charge in [-0.2, -0.15) is 0 Å². The first kappa shape index (κ1) is 19.5. The van der Waals surface area contributed by atoms with E-state index >= 15 is 0 Å². The number of methoxy groups -OCH3 is 1. The van der Waals surface area contributed by atoms with E-state index in [2.05, 4.69) is 15.4 Å². The zero-order valence-corrected chi connectivity index (χ0v) is 15.5. The summed E-state index contributed by atoms with van der Waals surface area (Å²) in [4.78, 5) is 23.7. The van der Waals surface area contributed by atoms with Crippen molar-refractivity contribution in [1.82, 2.24) is 0 Å². The standard InChI is InChI=1S/C18H20N2O5S/c1-12-10-13(18(22)25-2)8-9-14(12)19-11-17(21)20-15-6-4-5-7-16(15)26(3,23)24/h4-10,19H,11H2,1-3H3,(H,20,21). The largest absolute Gasteiger partial charge is 0.465 e. The number of sulfone groups is 1. The summed E-state index contributed by atoms with van der Waals surface area (Å²) in [7, 11) is -2.14. The summed E-state index contributed by atoms with van der Waals surface area (Å²) < 4.78 is 28.2. The van der Waals surface area contributed by atoms with E-state index in [9.17, 15) is 18.0 Å². The van der Waals surface area contributed by atoms with Crippen molar-refractivity contribution in [1.29, 1.82) is 0 Å². The van der Waals surface area contributed by atoms with Gasteiger partial charge in [-0.1, -0.05) is 12.1 Å². The zero-order chi connectivity index (χ0) is 19.3. The van der Waals surface area contributed by atoms with Gasteiger partial charge in [0.2, 0.25) is 5.91 Å². The van der Waals surface area contributed by atoms with Crippen molar-refractivity contribution >= 4 is 33.1 Å². The summed E-state index contributed by atoms with van der Waals surface area (Å²) in [6.45, 7) is 1.74. The molecule has 26 heavy (non-hydrogen) atoms. The number of carbonyl (C=O) groups excluding carboxylic acids is 2. The number of nitrogens with one attached hydrogen (secondary N) is 2. The zero-order valence-electron chi connectivity index (χ0n) is 14.7. The van der Waals surface area contributed by atoms with Crippen molar-refractivity contribution in [3.63, 3.8) is 0 Å². The van der Waals surface area contributed by atoms with Gasteiger partial charge in [-0.25, -0.2) is 13.2 Å². The van der Waals surface area contributed by atoms with Crippen LogP contribution in [0, 0.1) is 6.92 Å². The average molecular weight is 376 g/mol. The molecule has 0 saturated carbocycles. The van der Waals surface area contributed by atoms with Crippen molar-refractivity contribution in [3.05, 3.63) is 53.6 Å². The highest BCUT2D eigenvalue weighted by Crippen LogP contribution is 2.21. The van der Waals surface area contributed by atoms with Crippen LogP contribution in [-0.4, -0.2) is 40.2 Å². The summed E-state index contributed by atoms with van der Waals surface area (Å²) in [5.74, 6) is -0.827. The van der Waals surface area contributed by atoms with E-state index in [4.69, 9.17) is 0 Å². The Morgan fingerprint density at radius 2 is 1.77 bits per heavy atom. The topological polar surface area (TPSA) is 102 Å². The molecule has 0 heterocycles. The molecular formula is C18H20N2O5S. The molecule has 2 rings (SSSR count). The van der Waals surface area contributed by atoms with E-state index in [1.807, 2.05) is 0 Å². The minimum Gasteiger partial charge on any atom is -0.465 e. The van der Waals surface area contributed by atoms with Crippen molar-refractivity contribution in [2.45, 2.75) is 11.8 Å². The number of benzene rings is 2. The maximum absolute atomic E-state index is 12.2. The van der Waals surface area contributed by atoms with Crippen LogP contribution in [0.25, 0.3) is 0 Å². The Balaban J connectivity index is 2.05. The third-order valence-electron chi connectivity index (χ3n) is 3.65. The lowest BCUT2D eigenvalue weighted by Crippen LogP contribution is -2.23. The molecule has 1 amide bonds. The summed E-state index contributed by atoms with van der Waals surface area (Å²) in [5, 5.41) is 5.55. The highest BCUT2D eigenvalue weighted by Gasteiger charge is 2.14. The van der Waals surface area contributed by atoms with Crippen LogP contribution < -0.4 is 10.6 Å². The molecule has 0 unspecified atom stereocenters. The Bertz CT molecular complexity index is 938. The molecule has 0 spiro atoms. The second-order valence-corrected chi connectivity index (χ2v) is 7.68. The minimum absolute atomic E-state index is 0.0590. The molecule has 2 N–H and O–H groups in total. The summed E-state index contributed by atoms with van der Waals surface area (Å²) in [6.07, 6.45) is 1.09. The quantitative estimate of drug-likeness (QED) is 0.750. The Kier molecular flexibility index (Phi) is 5.99. The van der Waals surface area contributed by atoms with E-state index in [-0.39, 0.29) is 17.1 Å². The van der Waals surface area contributed by atoms with Crippen molar-refractivity contribution < 1.29 is 22.7 Å². The van der Waals surface area contributed by atoms with Crippen LogP contribution in [0.5, 0.6) is 0 Å². The van der Waals surface area contributed by atoms with Gasteiger partial charge in [0.15, 0.2) is 9.84 Å². The first-order chi connectivity index (χ1) is 12.2. The highest BCUT2D eigenvalue weighted by molar-refractivity contribution is 7.90. The van der Waals surface area contributed by atoms with Crippen LogP contribution in [0.4, 0.5) is 11.4 Å². The van der Waals surface area contributed by atoms with Crippen LogP contribution >= 0.6 is 0 Å². The van der Waals surface area contributed by atoms with Gasteiger partial charge >= 0.3 is 5.97 Å². The van der Waals surface area contributed by atoms with Crippen LogP contribution in [0.1, 0.15) is 15.9 Å². The van der Waals surface area contributed by atoms with Crippen molar-refractivity contribution in [2.75, 3.05) is 30.5 Å². The molecule has 7 nitrogen and oxygen atoms in total. The molecule has 8 heteroatoms. The molecule has 0 aliphatic rings. The monoisotopic (exact) mass is 376 g/mol. The second-order valence-electron chi connectivity index (χ2n) is 5.69. The first-order valence-electron chi connectivity index (χ1n) is 7.74. The van der Waals surface area contributed by atoms with Crippen LogP contribution in [0.3, 0.4) is 0 Å². The smallest absolute Gasteiger partial charge is 0.337 e. The van der Waals surface area contributed by atoms with E-state index in [1.165, 1.54) is 19.2 Å². The molecule has 0 aliphatic carbocycles. The van der Waals surface area contributed by atoms with Gasteiger partial charge in [-0.15, -0.1) is 0 Å². The number of amides is 1. The van der Waals surface area contributed by atoms with Crippen LogP contribution in [0.2, 0.25) is 0 Å². The van der Waals surface area contributed by atoms with Gasteiger partial charge in [-0.3, -0.25) is 4.79 Å². The molecule has 0 saturated heterocycles. The second kappa shape index (κ2) is 8.01. The van der Waals surface area contributed by atoms with Gasteiger partial charge in [0.05, 0.1) is 29.8 Å². The minimum atomic E-state index is -3.45. The number of ether oxygens (including phenoxy) is 1. The normalized spacial score (nSPS) is 10.9. The molecule has 0 bridgehead atoms. The van der Waals surface area contributed by atoms with E-state index in [1.54, 1.807) is 37.3 Å². The van der Waals surface area contributed by atoms with E-state index in [0.29, 0.717) is 11.3 Å². The average Bonchev–Trinajstić information content (AvgIpc) is 2.59. The Labute approximate surface area is 152 Å². The number of carbonyl (C=O) groups is 2. The van der Waals surface area contributed by atoms with Crippen LogP contribution in [-0.2, 0) is 19.4 Å². The Hall–Kier alpha value is -2.87. The molecule has 2 aromatic rings. The molecule has 2 aromatic carbocycles. The summed E-state index contributed by atoms with van der Waals surface area (Å²) >= 11 is 0. The molecule has 0 radical (unpaired) electrons. The number of anilines is 2. The first-order valence-corrected chi connectivity index (χ1v) is 9.63. The summed E-state index contributed by atoms with van der Waals surface area (Å²) in [5.41, 5.74) is 2.11.